The third kappa shape index (κ3) is 8.84. The lowest BCUT2D eigenvalue weighted by molar-refractivity contribution is -0.145. The van der Waals surface area contributed by atoms with Gasteiger partial charge in [0, 0.05) is 12.0 Å². The summed E-state index contributed by atoms with van der Waals surface area (Å²) in [6, 6.07) is 12.8. The van der Waals surface area contributed by atoms with Gasteiger partial charge in [0.25, 0.3) is 0 Å². The number of carbonyl (C=O) groups is 3. The Morgan fingerprint density at radius 2 is 1.55 bits per heavy atom. The second-order valence-corrected chi connectivity index (χ2v) is 8.23. The number of amides is 1. The first-order valence-corrected chi connectivity index (χ1v) is 10.7. The molecule has 2 aromatic rings. The van der Waals surface area contributed by atoms with Crippen molar-refractivity contribution in [3.63, 3.8) is 0 Å². The Bertz CT molecular complexity index is 931. The number of nitrogens with one attached hydrogen (secondary N) is 1. The Morgan fingerprint density at radius 3 is 2.09 bits per heavy atom. The lowest BCUT2D eigenvalue weighted by atomic mass is 9.97. The quantitative estimate of drug-likeness (QED) is 0.426. The first-order valence-electron chi connectivity index (χ1n) is 10.7. The first-order chi connectivity index (χ1) is 15.6. The number of Topliss-reactive ketones (excluding diaryl/α,β-unsaturated/α-hetero) is 1. The Hall–Kier alpha value is -3.55. The lowest BCUT2D eigenvalue weighted by Gasteiger charge is -2.23. The summed E-state index contributed by atoms with van der Waals surface area (Å²) in [5.41, 5.74) is 0.531. The molecule has 1 atom stereocenters. The molecule has 8 nitrogen and oxygen atoms in total. The zero-order valence-electron chi connectivity index (χ0n) is 19.7. The van der Waals surface area contributed by atoms with Gasteiger partial charge in [0.05, 0.1) is 19.8 Å². The molecule has 0 heterocycles. The highest BCUT2D eigenvalue weighted by molar-refractivity contribution is 6.01. The van der Waals surface area contributed by atoms with E-state index in [-0.39, 0.29) is 25.4 Å². The van der Waals surface area contributed by atoms with Crippen molar-refractivity contribution in [3.8, 4) is 11.5 Å². The van der Waals surface area contributed by atoms with Gasteiger partial charge in [0.15, 0.2) is 12.4 Å². The predicted octanol–water partition coefficient (Wildman–Crippen LogP) is 3.96. The van der Waals surface area contributed by atoms with Crippen molar-refractivity contribution in [1.29, 1.82) is 0 Å². The molecule has 0 bridgehead atoms. The molecule has 0 saturated carbocycles. The Morgan fingerprint density at radius 1 is 0.939 bits per heavy atom. The number of ether oxygens (including phenoxy) is 4. The van der Waals surface area contributed by atoms with Crippen molar-refractivity contribution in [2.75, 3.05) is 20.3 Å². The Kier molecular flexibility index (Phi) is 9.27. The van der Waals surface area contributed by atoms with Crippen LogP contribution in [0, 0.1) is 0 Å². The van der Waals surface area contributed by atoms with Crippen LogP contribution < -0.4 is 14.8 Å². The largest absolute Gasteiger partial charge is 0.497 e. The van der Waals surface area contributed by atoms with Crippen molar-refractivity contribution in [3.05, 3.63) is 59.7 Å². The number of hydrogen-bond donors (Lipinski definition) is 1. The molecule has 178 valence electrons. The summed E-state index contributed by atoms with van der Waals surface area (Å²) in [6.07, 6.45) is -0.410. The van der Waals surface area contributed by atoms with Gasteiger partial charge in [-0.15, -0.1) is 0 Å². The minimum Gasteiger partial charge on any atom is -0.497 e. The molecular formula is C25H31NO7. The van der Waals surface area contributed by atoms with Crippen LogP contribution in [0.1, 0.15) is 43.6 Å². The molecule has 0 spiro atoms. The zero-order valence-corrected chi connectivity index (χ0v) is 19.7. The fourth-order valence-electron chi connectivity index (χ4n) is 2.92. The van der Waals surface area contributed by atoms with Gasteiger partial charge in [0.1, 0.15) is 17.1 Å². The van der Waals surface area contributed by atoms with Crippen molar-refractivity contribution in [2.24, 2.45) is 0 Å². The molecule has 0 aliphatic carbocycles. The van der Waals surface area contributed by atoms with Crippen molar-refractivity contribution in [2.45, 2.75) is 45.8 Å². The van der Waals surface area contributed by atoms with Gasteiger partial charge in [-0.05, 0) is 69.7 Å². The summed E-state index contributed by atoms with van der Waals surface area (Å²) in [5.74, 6) is 0.360. The van der Waals surface area contributed by atoms with Gasteiger partial charge < -0.3 is 24.3 Å². The summed E-state index contributed by atoms with van der Waals surface area (Å²) in [6.45, 7) is 7.02. The van der Waals surface area contributed by atoms with E-state index in [1.165, 1.54) is 0 Å². The van der Waals surface area contributed by atoms with Crippen LogP contribution >= 0.6 is 0 Å². The maximum atomic E-state index is 13.2. The van der Waals surface area contributed by atoms with E-state index in [9.17, 15) is 14.4 Å². The van der Waals surface area contributed by atoms with Crippen LogP contribution in [0.5, 0.6) is 11.5 Å². The number of benzene rings is 2. The van der Waals surface area contributed by atoms with Gasteiger partial charge >= 0.3 is 12.1 Å². The molecule has 8 heteroatoms. The highest BCUT2D eigenvalue weighted by Gasteiger charge is 2.25. The third-order valence-electron chi connectivity index (χ3n) is 4.41. The second kappa shape index (κ2) is 11.9. The van der Waals surface area contributed by atoms with E-state index in [0.717, 1.165) is 5.56 Å². The molecule has 0 unspecified atom stereocenters. The average molecular weight is 458 g/mol. The van der Waals surface area contributed by atoms with Crippen LogP contribution in [0.15, 0.2) is 48.5 Å². The van der Waals surface area contributed by atoms with Crippen molar-refractivity contribution < 1.29 is 33.3 Å². The average Bonchev–Trinajstić information content (AvgIpc) is 2.76. The van der Waals surface area contributed by atoms with Gasteiger partial charge in [-0.1, -0.05) is 12.1 Å². The van der Waals surface area contributed by atoms with Crippen LogP contribution in [0.4, 0.5) is 4.79 Å². The SMILES string of the molecule is CCOC(=O)COc1ccc(C(=O)[C@H](Cc2ccc(OC)cc2)NC(=O)OC(C)(C)C)cc1. The zero-order chi connectivity index (χ0) is 24.4. The summed E-state index contributed by atoms with van der Waals surface area (Å²) >= 11 is 0. The van der Waals surface area contributed by atoms with E-state index in [1.54, 1.807) is 71.2 Å². The molecule has 1 amide bonds. The normalized spacial score (nSPS) is 11.8. The van der Waals surface area contributed by atoms with E-state index >= 15 is 0 Å². The van der Waals surface area contributed by atoms with Crippen LogP contribution in [0.3, 0.4) is 0 Å². The van der Waals surface area contributed by atoms with Crippen LogP contribution in [-0.4, -0.2) is 49.8 Å². The van der Waals surface area contributed by atoms with Crippen LogP contribution in [0.25, 0.3) is 0 Å². The van der Waals surface area contributed by atoms with Gasteiger partial charge in [-0.2, -0.15) is 0 Å². The standard InChI is InChI=1S/C25H31NO7/c1-6-31-22(27)16-32-20-13-9-18(10-14-20)23(28)21(26-24(29)33-25(2,3)4)15-17-7-11-19(30-5)12-8-17/h7-14,21H,6,15-16H2,1-5H3,(H,26,29)/t21-/m0/s1. The molecule has 0 aliphatic heterocycles. The van der Waals surface area contributed by atoms with Crippen LogP contribution in [-0.2, 0) is 20.7 Å². The maximum absolute atomic E-state index is 13.2. The fraction of sp³-hybridized carbons (Fsp3) is 0.400. The Balaban J connectivity index is 2.15. The first kappa shape index (κ1) is 25.7. The number of ketones is 1. The van der Waals surface area contributed by atoms with E-state index in [4.69, 9.17) is 18.9 Å². The monoisotopic (exact) mass is 457 g/mol. The van der Waals surface area contributed by atoms with Crippen LogP contribution in [0.2, 0.25) is 0 Å². The van der Waals surface area contributed by atoms with Gasteiger partial charge in [-0.25, -0.2) is 9.59 Å². The topological polar surface area (TPSA) is 100 Å². The summed E-state index contributed by atoms with van der Waals surface area (Å²) in [7, 11) is 1.57. The van der Waals surface area contributed by atoms with E-state index in [0.29, 0.717) is 17.1 Å². The summed E-state index contributed by atoms with van der Waals surface area (Å²) < 4.78 is 20.7. The Labute approximate surface area is 194 Å². The van der Waals surface area contributed by atoms with E-state index in [2.05, 4.69) is 5.32 Å². The van der Waals surface area contributed by atoms with Gasteiger partial charge in [0.2, 0.25) is 0 Å². The smallest absolute Gasteiger partial charge is 0.408 e. The minimum absolute atomic E-state index is 0.221. The molecule has 2 rings (SSSR count). The highest BCUT2D eigenvalue weighted by atomic mass is 16.6. The fourth-order valence-corrected chi connectivity index (χ4v) is 2.92. The molecule has 2 aromatic carbocycles. The molecular weight excluding hydrogens is 426 g/mol. The van der Waals surface area contributed by atoms with Crippen molar-refractivity contribution >= 4 is 17.8 Å². The highest BCUT2D eigenvalue weighted by Crippen LogP contribution is 2.18. The molecule has 0 fully saturated rings. The second-order valence-electron chi connectivity index (χ2n) is 8.23. The summed E-state index contributed by atoms with van der Waals surface area (Å²) in [4.78, 5) is 37.0. The molecule has 0 aliphatic rings. The minimum atomic E-state index is -0.848. The van der Waals surface area contributed by atoms with E-state index in [1.807, 2.05) is 12.1 Å². The van der Waals surface area contributed by atoms with E-state index < -0.39 is 23.7 Å². The van der Waals surface area contributed by atoms with Gasteiger partial charge in [-0.3, -0.25) is 4.79 Å². The molecule has 1 N–H and O–H groups in total. The number of rotatable bonds is 10. The number of esters is 1. The lowest BCUT2D eigenvalue weighted by Crippen LogP contribution is -2.44. The number of hydrogen-bond acceptors (Lipinski definition) is 7. The number of carbonyl (C=O) groups excluding carboxylic acids is 3. The predicted molar refractivity (Wildman–Crippen MR) is 123 cm³/mol. The van der Waals surface area contributed by atoms with Crippen molar-refractivity contribution in [1.82, 2.24) is 5.32 Å². The number of methoxy groups -OCH3 is 1. The molecule has 0 saturated heterocycles. The summed E-state index contributed by atoms with van der Waals surface area (Å²) in [5, 5.41) is 2.68. The number of alkyl carbamates (subject to hydrolysis) is 1. The molecule has 0 radical (unpaired) electrons. The molecule has 33 heavy (non-hydrogen) atoms. The molecule has 0 aromatic heterocycles. The third-order valence-corrected chi connectivity index (χ3v) is 4.41. The maximum Gasteiger partial charge on any atom is 0.408 e.